The van der Waals surface area contributed by atoms with Crippen LogP contribution in [0.25, 0.3) is 11.0 Å². The van der Waals surface area contributed by atoms with Crippen LogP contribution in [0.3, 0.4) is 0 Å². The van der Waals surface area contributed by atoms with Crippen molar-refractivity contribution in [2.24, 2.45) is 0 Å². The molecule has 1 fully saturated rings. The number of hydrogen-bond donors (Lipinski definition) is 3. The van der Waals surface area contributed by atoms with Gasteiger partial charge in [-0.3, -0.25) is 0 Å². The molecular weight excluding hydrogens is 345 g/mol. The molecule has 1 aliphatic carbocycles. The van der Waals surface area contributed by atoms with Crippen molar-refractivity contribution in [1.29, 1.82) is 0 Å². The second-order valence-electron chi connectivity index (χ2n) is 6.15. The number of aromatic nitrogens is 2. The molecule has 3 aromatic rings. The quantitative estimate of drug-likeness (QED) is 0.616. The standard InChI is InChI=1S/C18H16F3N4O/c1-26-14-5-3-2-4-12(14)24-15-8-13(23-10-6-7-10)16-11(18(19,20)21)9-22-17(16)25-15/h2,4-5,8-10H,6-7H2,1H3,(H3,22,23,24,25). The van der Waals surface area contributed by atoms with Gasteiger partial charge in [0.15, 0.2) is 0 Å². The summed E-state index contributed by atoms with van der Waals surface area (Å²) in [4.78, 5) is 6.93. The highest BCUT2D eigenvalue weighted by Crippen LogP contribution is 2.40. The number of alkyl halides is 3. The molecule has 3 N–H and O–H groups in total. The Balaban J connectivity index is 1.79. The van der Waals surface area contributed by atoms with Gasteiger partial charge in [0, 0.05) is 24.0 Å². The Morgan fingerprint density at radius 2 is 2.12 bits per heavy atom. The number of nitrogens with zero attached hydrogens (tertiary/aromatic N) is 1. The van der Waals surface area contributed by atoms with Crippen molar-refractivity contribution in [3.05, 3.63) is 42.1 Å². The second-order valence-corrected chi connectivity index (χ2v) is 6.15. The number of pyridine rings is 1. The van der Waals surface area contributed by atoms with E-state index in [9.17, 15) is 13.2 Å². The van der Waals surface area contributed by atoms with Crippen molar-refractivity contribution in [2.45, 2.75) is 25.1 Å². The molecule has 0 aliphatic heterocycles. The minimum Gasteiger partial charge on any atom is -0.495 e. The molecule has 1 aromatic carbocycles. The molecule has 4 rings (SSSR count). The van der Waals surface area contributed by atoms with Gasteiger partial charge in [-0.15, -0.1) is 0 Å². The molecule has 0 atom stereocenters. The van der Waals surface area contributed by atoms with Crippen molar-refractivity contribution >= 4 is 28.2 Å². The summed E-state index contributed by atoms with van der Waals surface area (Å²) in [6.45, 7) is 0. The number of halogens is 3. The van der Waals surface area contributed by atoms with Crippen LogP contribution >= 0.6 is 0 Å². The van der Waals surface area contributed by atoms with Gasteiger partial charge < -0.3 is 20.4 Å². The van der Waals surface area contributed by atoms with Crippen LogP contribution in [-0.2, 0) is 6.18 Å². The van der Waals surface area contributed by atoms with E-state index in [0.717, 1.165) is 19.0 Å². The molecule has 0 bridgehead atoms. The lowest BCUT2D eigenvalue weighted by Crippen LogP contribution is -2.08. The molecule has 2 aromatic heterocycles. The van der Waals surface area contributed by atoms with Crippen molar-refractivity contribution < 1.29 is 17.9 Å². The monoisotopic (exact) mass is 361 g/mol. The van der Waals surface area contributed by atoms with E-state index in [-0.39, 0.29) is 17.1 Å². The molecule has 1 radical (unpaired) electrons. The van der Waals surface area contributed by atoms with Gasteiger partial charge in [0.2, 0.25) is 0 Å². The van der Waals surface area contributed by atoms with Gasteiger partial charge in [-0.05, 0) is 31.0 Å². The largest absolute Gasteiger partial charge is 0.495 e. The molecule has 0 unspecified atom stereocenters. The molecule has 0 spiro atoms. The van der Waals surface area contributed by atoms with Gasteiger partial charge in [-0.25, -0.2) is 4.98 Å². The van der Waals surface area contributed by atoms with Gasteiger partial charge in [0.25, 0.3) is 0 Å². The maximum Gasteiger partial charge on any atom is 0.418 e. The summed E-state index contributed by atoms with van der Waals surface area (Å²) >= 11 is 0. The number of rotatable bonds is 5. The van der Waals surface area contributed by atoms with Crippen LogP contribution in [0.15, 0.2) is 30.5 Å². The molecule has 1 saturated carbocycles. The second kappa shape index (κ2) is 6.12. The molecule has 8 heteroatoms. The van der Waals surface area contributed by atoms with Gasteiger partial charge in [0.1, 0.15) is 17.2 Å². The van der Waals surface area contributed by atoms with E-state index in [2.05, 4.69) is 26.7 Å². The van der Waals surface area contributed by atoms with E-state index in [1.165, 1.54) is 7.11 Å². The molecule has 135 valence electrons. The highest BCUT2D eigenvalue weighted by molar-refractivity contribution is 5.95. The first kappa shape index (κ1) is 16.6. The van der Waals surface area contributed by atoms with Gasteiger partial charge in [-0.1, -0.05) is 6.07 Å². The first-order valence-electron chi connectivity index (χ1n) is 8.12. The molecule has 5 nitrogen and oxygen atoms in total. The Bertz CT molecular complexity index is 947. The Hall–Kier alpha value is -2.90. The van der Waals surface area contributed by atoms with E-state index in [1.807, 2.05) is 0 Å². The zero-order valence-electron chi connectivity index (χ0n) is 13.9. The summed E-state index contributed by atoms with van der Waals surface area (Å²) in [6, 6.07) is 9.84. The third-order valence-corrected chi connectivity index (χ3v) is 4.19. The Labute approximate surface area is 147 Å². The maximum atomic E-state index is 13.3. The normalized spacial score (nSPS) is 14.5. The number of fused-ring (bicyclic) bond motifs is 1. The van der Waals surface area contributed by atoms with E-state index in [4.69, 9.17) is 4.74 Å². The van der Waals surface area contributed by atoms with Crippen LogP contribution in [0.1, 0.15) is 18.4 Å². The zero-order chi connectivity index (χ0) is 18.3. The predicted octanol–water partition coefficient (Wildman–Crippen LogP) is 4.71. The highest BCUT2D eigenvalue weighted by Gasteiger charge is 2.36. The third kappa shape index (κ3) is 3.14. The van der Waals surface area contributed by atoms with Crippen molar-refractivity contribution in [1.82, 2.24) is 9.97 Å². The number of ether oxygens (including phenoxy) is 1. The number of benzene rings is 1. The van der Waals surface area contributed by atoms with Gasteiger partial charge in [-0.2, -0.15) is 13.2 Å². The Kier molecular flexibility index (Phi) is 3.90. The minimum absolute atomic E-state index is 0.0586. The van der Waals surface area contributed by atoms with Gasteiger partial charge in [0.05, 0.1) is 23.7 Å². The smallest absolute Gasteiger partial charge is 0.418 e. The van der Waals surface area contributed by atoms with Crippen LogP contribution in [-0.4, -0.2) is 23.1 Å². The fraction of sp³-hybridized carbons (Fsp3) is 0.278. The first-order chi connectivity index (χ1) is 12.5. The third-order valence-electron chi connectivity index (χ3n) is 4.19. The van der Waals surface area contributed by atoms with Crippen LogP contribution in [0, 0.1) is 6.07 Å². The summed E-state index contributed by atoms with van der Waals surface area (Å²) in [5, 5.41) is 6.33. The summed E-state index contributed by atoms with van der Waals surface area (Å²) in [5.41, 5.74) is 0.515. The molecular formula is C18H16F3N4O. The lowest BCUT2D eigenvalue weighted by molar-refractivity contribution is -0.136. The van der Waals surface area contributed by atoms with Crippen molar-refractivity contribution in [3.8, 4) is 5.75 Å². The summed E-state index contributed by atoms with van der Waals surface area (Å²) in [5.74, 6) is 0.981. The lowest BCUT2D eigenvalue weighted by atomic mass is 10.1. The molecule has 26 heavy (non-hydrogen) atoms. The van der Waals surface area contributed by atoms with Crippen LogP contribution in [0.2, 0.25) is 0 Å². The van der Waals surface area contributed by atoms with Crippen LogP contribution in [0.4, 0.5) is 30.4 Å². The van der Waals surface area contributed by atoms with E-state index in [0.29, 0.717) is 22.9 Å². The summed E-state index contributed by atoms with van der Waals surface area (Å²) in [7, 11) is 1.53. The van der Waals surface area contributed by atoms with Crippen molar-refractivity contribution in [2.75, 3.05) is 17.7 Å². The molecule has 1 aliphatic rings. The average Bonchev–Trinajstić information content (AvgIpc) is 3.29. The number of hydrogen-bond acceptors (Lipinski definition) is 4. The SMILES string of the molecule is COc1c[c]ccc1Nc1cc(NC2CC2)c2c(C(F)(F)F)c[nH]c2n1. The fourth-order valence-electron chi connectivity index (χ4n) is 2.81. The minimum atomic E-state index is -4.45. The number of methoxy groups -OCH3 is 1. The van der Waals surface area contributed by atoms with E-state index in [1.54, 1.807) is 24.3 Å². The topological polar surface area (TPSA) is 62.0 Å². The highest BCUT2D eigenvalue weighted by atomic mass is 19.4. The van der Waals surface area contributed by atoms with Crippen LogP contribution in [0.5, 0.6) is 5.75 Å². The molecule has 0 amide bonds. The summed E-state index contributed by atoms with van der Waals surface area (Å²) in [6.07, 6.45) is -1.60. The number of aromatic amines is 1. The Morgan fingerprint density at radius 1 is 1.31 bits per heavy atom. The number of anilines is 3. The Morgan fingerprint density at radius 3 is 2.81 bits per heavy atom. The summed E-state index contributed by atoms with van der Waals surface area (Å²) < 4.78 is 45.2. The van der Waals surface area contributed by atoms with Crippen molar-refractivity contribution in [3.63, 3.8) is 0 Å². The van der Waals surface area contributed by atoms with E-state index < -0.39 is 11.7 Å². The number of H-pyrrole nitrogens is 1. The van der Waals surface area contributed by atoms with Crippen LogP contribution < -0.4 is 15.4 Å². The maximum absolute atomic E-state index is 13.3. The molecule has 2 heterocycles. The average molecular weight is 361 g/mol. The van der Waals surface area contributed by atoms with E-state index >= 15 is 0 Å². The zero-order valence-corrected chi connectivity index (χ0v) is 13.9. The first-order valence-corrected chi connectivity index (χ1v) is 8.12. The van der Waals surface area contributed by atoms with Gasteiger partial charge >= 0.3 is 6.18 Å². The molecule has 0 saturated heterocycles. The fourth-order valence-corrected chi connectivity index (χ4v) is 2.81. The lowest BCUT2D eigenvalue weighted by Gasteiger charge is -2.14. The predicted molar refractivity (Wildman–Crippen MR) is 92.9 cm³/mol. The number of nitrogens with one attached hydrogen (secondary N) is 3.